The molecule has 1 N–H and O–H groups in total. The van der Waals surface area contributed by atoms with E-state index in [9.17, 15) is 14.4 Å². The highest BCUT2D eigenvalue weighted by Gasteiger charge is 2.46. The average Bonchev–Trinajstić information content (AvgIpc) is 3.26. The van der Waals surface area contributed by atoms with Gasteiger partial charge in [-0.25, -0.2) is 4.79 Å². The van der Waals surface area contributed by atoms with Crippen molar-refractivity contribution < 1.29 is 23.9 Å². The third-order valence-corrected chi connectivity index (χ3v) is 5.10. The Morgan fingerprint density at radius 2 is 1.93 bits per heavy atom. The van der Waals surface area contributed by atoms with Gasteiger partial charge in [-0.05, 0) is 30.2 Å². The standard InChI is InChI=1S/C21H20N2O5/c1-27-14-8-6-13(7-9-14)12-22-19(25)17-10-11-18(24)23(17)20-15-4-2-3-5-16(15)21(26)28-20/h2-9,17,20H,10-12H2,1H3,(H,22,25)/t17-,20?/m0/s1. The summed E-state index contributed by atoms with van der Waals surface area (Å²) in [6, 6.07) is 13.6. The summed E-state index contributed by atoms with van der Waals surface area (Å²) in [5, 5.41) is 2.87. The second-order valence-corrected chi connectivity index (χ2v) is 6.77. The first-order valence-corrected chi connectivity index (χ1v) is 9.10. The Labute approximate surface area is 162 Å². The van der Waals surface area contributed by atoms with E-state index in [2.05, 4.69) is 5.32 Å². The number of ether oxygens (including phenoxy) is 2. The van der Waals surface area contributed by atoms with Gasteiger partial charge in [-0.2, -0.15) is 0 Å². The van der Waals surface area contributed by atoms with E-state index in [1.165, 1.54) is 4.90 Å². The van der Waals surface area contributed by atoms with E-state index in [4.69, 9.17) is 9.47 Å². The SMILES string of the molecule is COc1ccc(CNC(=O)[C@@H]2CCC(=O)N2C2OC(=O)c3ccccc32)cc1. The third-order valence-electron chi connectivity index (χ3n) is 5.10. The van der Waals surface area contributed by atoms with E-state index in [1.54, 1.807) is 31.4 Å². The summed E-state index contributed by atoms with van der Waals surface area (Å²) >= 11 is 0. The first-order valence-electron chi connectivity index (χ1n) is 9.10. The van der Waals surface area contributed by atoms with Crippen molar-refractivity contribution >= 4 is 17.8 Å². The molecule has 2 amide bonds. The zero-order valence-corrected chi connectivity index (χ0v) is 15.4. The van der Waals surface area contributed by atoms with Crippen molar-refractivity contribution in [2.45, 2.75) is 31.7 Å². The minimum Gasteiger partial charge on any atom is -0.497 e. The molecule has 1 fully saturated rings. The lowest BCUT2D eigenvalue weighted by Gasteiger charge is -2.29. The molecule has 1 saturated heterocycles. The predicted octanol–water partition coefficient (Wildman–Crippen LogP) is 2.17. The molecule has 144 valence electrons. The molecule has 2 aliphatic heterocycles. The number of carbonyl (C=O) groups is 3. The number of carbonyl (C=O) groups excluding carboxylic acids is 3. The summed E-state index contributed by atoms with van der Waals surface area (Å²) in [5.74, 6) is -0.191. The molecule has 2 heterocycles. The number of nitrogens with one attached hydrogen (secondary N) is 1. The molecule has 0 spiro atoms. The highest BCUT2D eigenvalue weighted by Crippen LogP contribution is 2.38. The van der Waals surface area contributed by atoms with E-state index < -0.39 is 18.2 Å². The minimum atomic E-state index is -0.851. The van der Waals surface area contributed by atoms with Crippen molar-refractivity contribution in [1.82, 2.24) is 10.2 Å². The largest absolute Gasteiger partial charge is 0.497 e. The zero-order valence-electron chi connectivity index (χ0n) is 15.4. The lowest BCUT2D eigenvalue weighted by Crippen LogP contribution is -2.46. The molecule has 28 heavy (non-hydrogen) atoms. The third kappa shape index (κ3) is 3.19. The first-order chi connectivity index (χ1) is 13.6. The van der Waals surface area contributed by atoms with Gasteiger partial charge in [-0.15, -0.1) is 0 Å². The number of nitrogens with zero attached hydrogens (tertiary/aromatic N) is 1. The molecule has 7 nitrogen and oxygen atoms in total. The van der Waals surface area contributed by atoms with Gasteiger partial charge in [0.25, 0.3) is 0 Å². The Kier molecular flexibility index (Phi) is 4.73. The number of methoxy groups -OCH3 is 1. The van der Waals surface area contributed by atoms with E-state index in [1.807, 2.05) is 24.3 Å². The van der Waals surface area contributed by atoms with Gasteiger partial charge in [0.2, 0.25) is 18.0 Å². The van der Waals surface area contributed by atoms with E-state index in [0.29, 0.717) is 24.1 Å². The van der Waals surface area contributed by atoms with E-state index >= 15 is 0 Å². The molecule has 0 saturated carbocycles. The molecule has 0 bridgehead atoms. The van der Waals surface area contributed by atoms with Crippen LogP contribution in [0.25, 0.3) is 0 Å². The average molecular weight is 380 g/mol. The maximum atomic E-state index is 12.8. The molecule has 2 aromatic rings. The lowest BCUT2D eigenvalue weighted by atomic mass is 10.1. The maximum Gasteiger partial charge on any atom is 0.340 e. The summed E-state index contributed by atoms with van der Waals surface area (Å²) in [4.78, 5) is 38.8. The van der Waals surface area contributed by atoms with E-state index in [-0.39, 0.29) is 18.2 Å². The molecule has 0 radical (unpaired) electrons. The van der Waals surface area contributed by atoms with Crippen LogP contribution in [0.5, 0.6) is 5.75 Å². The first kappa shape index (κ1) is 18.0. The maximum absolute atomic E-state index is 12.8. The molecule has 2 aromatic carbocycles. The summed E-state index contributed by atoms with van der Waals surface area (Å²) in [7, 11) is 1.59. The quantitative estimate of drug-likeness (QED) is 0.804. The molecular formula is C21H20N2O5. The van der Waals surface area contributed by atoms with Gasteiger partial charge >= 0.3 is 5.97 Å². The summed E-state index contributed by atoms with van der Waals surface area (Å²) in [6.45, 7) is 0.336. The fraction of sp³-hybridized carbons (Fsp3) is 0.286. The number of benzene rings is 2. The van der Waals surface area contributed by atoms with Crippen LogP contribution in [0.15, 0.2) is 48.5 Å². The number of hydrogen-bond acceptors (Lipinski definition) is 5. The van der Waals surface area contributed by atoms with Crippen LogP contribution >= 0.6 is 0 Å². The molecule has 2 atom stereocenters. The van der Waals surface area contributed by atoms with Crippen LogP contribution in [-0.2, 0) is 20.9 Å². The second-order valence-electron chi connectivity index (χ2n) is 6.77. The van der Waals surface area contributed by atoms with Crippen molar-refractivity contribution in [2.75, 3.05) is 7.11 Å². The molecule has 4 rings (SSSR count). The van der Waals surface area contributed by atoms with Crippen LogP contribution in [0.1, 0.15) is 40.6 Å². The molecular weight excluding hydrogens is 360 g/mol. The van der Waals surface area contributed by atoms with Gasteiger partial charge in [-0.3, -0.25) is 14.5 Å². The smallest absolute Gasteiger partial charge is 0.340 e. The van der Waals surface area contributed by atoms with Gasteiger partial charge < -0.3 is 14.8 Å². The number of hydrogen-bond donors (Lipinski definition) is 1. The zero-order chi connectivity index (χ0) is 19.7. The Hall–Kier alpha value is -3.35. The molecule has 2 aliphatic rings. The van der Waals surface area contributed by atoms with Gasteiger partial charge in [0.15, 0.2) is 0 Å². The van der Waals surface area contributed by atoms with Crippen molar-refractivity contribution in [2.24, 2.45) is 0 Å². The van der Waals surface area contributed by atoms with Crippen LogP contribution in [0, 0.1) is 0 Å². The predicted molar refractivity (Wildman–Crippen MR) is 99.3 cm³/mol. The number of rotatable bonds is 5. The number of cyclic esters (lactones) is 1. The molecule has 0 aliphatic carbocycles. The van der Waals surface area contributed by atoms with Crippen molar-refractivity contribution in [3.05, 3.63) is 65.2 Å². The van der Waals surface area contributed by atoms with Crippen molar-refractivity contribution in [1.29, 1.82) is 0 Å². The minimum absolute atomic E-state index is 0.195. The highest BCUT2D eigenvalue weighted by molar-refractivity contribution is 5.96. The van der Waals surface area contributed by atoms with Crippen molar-refractivity contribution in [3.8, 4) is 5.75 Å². The van der Waals surface area contributed by atoms with Gasteiger partial charge in [0.05, 0.1) is 12.7 Å². The lowest BCUT2D eigenvalue weighted by molar-refractivity contribution is -0.145. The Bertz CT molecular complexity index is 925. The highest BCUT2D eigenvalue weighted by atomic mass is 16.6. The fourth-order valence-corrected chi connectivity index (χ4v) is 3.64. The topological polar surface area (TPSA) is 84.9 Å². The van der Waals surface area contributed by atoms with Crippen LogP contribution in [0.2, 0.25) is 0 Å². The molecule has 1 unspecified atom stereocenters. The monoisotopic (exact) mass is 380 g/mol. The number of esters is 1. The van der Waals surface area contributed by atoms with Crippen LogP contribution in [0.4, 0.5) is 0 Å². The summed E-state index contributed by atoms with van der Waals surface area (Å²) in [5.41, 5.74) is 1.97. The van der Waals surface area contributed by atoms with E-state index in [0.717, 1.165) is 11.3 Å². The van der Waals surface area contributed by atoms with Crippen molar-refractivity contribution in [3.63, 3.8) is 0 Å². The van der Waals surface area contributed by atoms with Gasteiger partial charge in [0.1, 0.15) is 11.8 Å². The van der Waals surface area contributed by atoms with Gasteiger partial charge in [0, 0.05) is 18.5 Å². The number of likely N-dealkylation sites (tertiary alicyclic amines) is 1. The fourth-order valence-electron chi connectivity index (χ4n) is 3.64. The van der Waals surface area contributed by atoms with Gasteiger partial charge in [-0.1, -0.05) is 30.3 Å². The second kappa shape index (κ2) is 7.34. The normalized spacial score (nSPS) is 20.7. The molecule has 0 aromatic heterocycles. The molecule has 7 heteroatoms. The van der Waals surface area contributed by atoms with Crippen LogP contribution in [0.3, 0.4) is 0 Å². The Morgan fingerprint density at radius 1 is 1.18 bits per heavy atom. The Balaban J connectivity index is 1.48. The number of amides is 2. The number of fused-ring (bicyclic) bond motifs is 1. The van der Waals surface area contributed by atoms with Crippen LogP contribution in [-0.4, -0.2) is 35.8 Å². The van der Waals surface area contributed by atoms with Crippen LogP contribution < -0.4 is 10.1 Å². The Morgan fingerprint density at radius 3 is 2.68 bits per heavy atom. The summed E-state index contributed by atoms with van der Waals surface area (Å²) in [6.07, 6.45) is -0.212. The summed E-state index contributed by atoms with van der Waals surface area (Å²) < 4.78 is 10.6.